The van der Waals surface area contributed by atoms with Crippen molar-refractivity contribution in [1.29, 1.82) is 0 Å². The van der Waals surface area contributed by atoms with Crippen LogP contribution in [0.2, 0.25) is 0 Å². The van der Waals surface area contributed by atoms with Crippen LogP contribution in [-0.4, -0.2) is 41.6 Å². The summed E-state index contributed by atoms with van der Waals surface area (Å²) in [5, 5.41) is 0.683. The van der Waals surface area contributed by atoms with Gasteiger partial charge in [0, 0.05) is 30.1 Å². The predicted octanol–water partition coefficient (Wildman–Crippen LogP) is 2.80. The largest absolute Gasteiger partial charge is 0.465 e. The van der Waals surface area contributed by atoms with Crippen molar-refractivity contribution in [2.45, 2.75) is 31.7 Å². The Labute approximate surface area is 119 Å². The maximum absolute atomic E-state index is 11.4. The fourth-order valence-electron chi connectivity index (χ4n) is 2.32. The van der Waals surface area contributed by atoms with E-state index < -0.39 is 0 Å². The first-order valence-corrected chi connectivity index (χ1v) is 7.69. The second kappa shape index (κ2) is 6.44. The van der Waals surface area contributed by atoms with E-state index in [-0.39, 0.29) is 5.97 Å². The van der Waals surface area contributed by atoms with Crippen molar-refractivity contribution in [3.63, 3.8) is 0 Å². The number of esters is 1. The van der Waals surface area contributed by atoms with Crippen molar-refractivity contribution in [2.75, 3.05) is 19.4 Å². The molecule has 0 aliphatic carbocycles. The van der Waals surface area contributed by atoms with Crippen LogP contribution in [0.4, 0.5) is 0 Å². The highest BCUT2D eigenvalue weighted by atomic mass is 32.2. The highest BCUT2D eigenvalue weighted by Gasteiger charge is 2.24. The van der Waals surface area contributed by atoms with E-state index in [2.05, 4.69) is 18.7 Å². The molecule has 0 spiro atoms. The third-order valence-electron chi connectivity index (χ3n) is 3.78. The van der Waals surface area contributed by atoms with Crippen LogP contribution in [0.15, 0.2) is 24.3 Å². The fraction of sp³-hybridized carbons (Fsp3) is 0.533. The second-order valence-electron chi connectivity index (χ2n) is 4.98. The van der Waals surface area contributed by atoms with Gasteiger partial charge in [-0.05, 0) is 24.6 Å². The average Bonchev–Trinajstić information content (AvgIpc) is 2.44. The highest BCUT2D eigenvalue weighted by molar-refractivity contribution is 8.00. The summed E-state index contributed by atoms with van der Waals surface area (Å²) < 4.78 is 4.71. The van der Waals surface area contributed by atoms with Gasteiger partial charge in [-0.25, -0.2) is 4.79 Å². The summed E-state index contributed by atoms with van der Waals surface area (Å²) in [5.41, 5.74) is 1.86. The second-order valence-corrected chi connectivity index (χ2v) is 6.46. The zero-order chi connectivity index (χ0) is 13.8. The van der Waals surface area contributed by atoms with E-state index in [1.165, 1.54) is 18.4 Å². The van der Waals surface area contributed by atoms with E-state index in [0.29, 0.717) is 16.9 Å². The first kappa shape index (κ1) is 14.4. The molecule has 1 aliphatic heterocycles. The van der Waals surface area contributed by atoms with E-state index >= 15 is 0 Å². The number of carbonyl (C=O) groups is 1. The number of ether oxygens (including phenoxy) is 1. The third-order valence-corrected chi connectivity index (χ3v) is 5.11. The summed E-state index contributed by atoms with van der Waals surface area (Å²) >= 11 is 2.05. The average molecular weight is 279 g/mol. The number of benzene rings is 1. The Morgan fingerprint density at radius 2 is 2.05 bits per heavy atom. The SMILES string of the molecule is COC(=O)c1ccc(CN2CCSC(C)C2C)cc1. The zero-order valence-electron chi connectivity index (χ0n) is 11.8. The Balaban J connectivity index is 2.01. The number of thioether (sulfide) groups is 1. The minimum atomic E-state index is -0.275. The summed E-state index contributed by atoms with van der Waals surface area (Å²) in [6, 6.07) is 8.32. The van der Waals surface area contributed by atoms with Crippen molar-refractivity contribution in [2.24, 2.45) is 0 Å². The molecule has 104 valence electrons. The minimum absolute atomic E-state index is 0.275. The number of hydrogen-bond donors (Lipinski definition) is 0. The summed E-state index contributed by atoms with van der Waals surface area (Å²) in [6.07, 6.45) is 0. The molecule has 0 amide bonds. The lowest BCUT2D eigenvalue weighted by Gasteiger charge is -2.37. The van der Waals surface area contributed by atoms with Gasteiger partial charge in [0.2, 0.25) is 0 Å². The van der Waals surface area contributed by atoms with Gasteiger partial charge < -0.3 is 4.74 Å². The monoisotopic (exact) mass is 279 g/mol. The number of rotatable bonds is 3. The smallest absolute Gasteiger partial charge is 0.337 e. The summed E-state index contributed by atoms with van der Waals surface area (Å²) in [4.78, 5) is 13.9. The first-order chi connectivity index (χ1) is 9.11. The molecule has 1 aromatic rings. The quantitative estimate of drug-likeness (QED) is 0.796. The van der Waals surface area contributed by atoms with Gasteiger partial charge >= 0.3 is 5.97 Å². The van der Waals surface area contributed by atoms with Crippen LogP contribution in [0.1, 0.15) is 29.8 Å². The van der Waals surface area contributed by atoms with Crippen molar-refractivity contribution < 1.29 is 9.53 Å². The van der Waals surface area contributed by atoms with Gasteiger partial charge in [-0.2, -0.15) is 11.8 Å². The number of nitrogens with zero attached hydrogens (tertiary/aromatic N) is 1. The lowest BCUT2D eigenvalue weighted by molar-refractivity contribution is 0.0600. The van der Waals surface area contributed by atoms with Crippen molar-refractivity contribution in [1.82, 2.24) is 4.90 Å². The Hall–Kier alpha value is -1.00. The van der Waals surface area contributed by atoms with Crippen molar-refractivity contribution in [3.8, 4) is 0 Å². The van der Waals surface area contributed by atoms with Gasteiger partial charge in [-0.1, -0.05) is 19.1 Å². The van der Waals surface area contributed by atoms with Gasteiger partial charge in [0.05, 0.1) is 12.7 Å². The van der Waals surface area contributed by atoms with Crippen LogP contribution in [0.25, 0.3) is 0 Å². The van der Waals surface area contributed by atoms with E-state index in [1.807, 2.05) is 36.0 Å². The molecule has 2 rings (SSSR count). The van der Waals surface area contributed by atoms with Crippen LogP contribution >= 0.6 is 11.8 Å². The third kappa shape index (κ3) is 3.51. The van der Waals surface area contributed by atoms with Crippen molar-refractivity contribution in [3.05, 3.63) is 35.4 Å². The van der Waals surface area contributed by atoms with Crippen molar-refractivity contribution >= 4 is 17.7 Å². The first-order valence-electron chi connectivity index (χ1n) is 6.64. The Kier molecular flexibility index (Phi) is 4.88. The van der Waals surface area contributed by atoms with Gasteiger partial charge in [-0.3, -0.25) is 4.90 Å². The van der Waals surface area contributed by atoms with Gasteiger partial charge in [0.25, 0.3) is 0 Å². The summed E-state index contributed by atoms with van der Waals surface area (Å²) in [7, 11) is 1.41. The molecular weight excluding hydrogens is 258 g/mol. The Morgan fingerprint density at radius 1 is 1.37 bits per heavy atom. The molecule has 3 nitrogen and oxygen atoms in total. The molecule has 19 heavy (non-hydrogen) atoms. The van der Waals surface area contributed by atoms with E-state index in [9.17, 15) is 4.79 Å². The molecular formula is C15H21NO2S. The standard InChI is InChI=1S/C15H21NO2S/c1-11-12(2)19-9-8-16(11)10-13-4-6-14(7-5-13)15(17)18-3/h4-7,11-12H,8-10H2,1-3H3. The Morgan fingerprint density at radius 3 is 2.68 bits per heavy atom. The number of hydrogen-bond acceptors (Lipinski definition) is 4. The molecule has 1 fully saturated rings. The van der Waals surface area contributed by atoms with Crippen LogP contribution in [0, 0.1) is 0 Å². The summed E-state index contributed by atoms with van der Waals surface area (Å²) in [5.74, 6) is 0.925. The maximum Gasteiger partial charge on any atom is 0.337 e. The van der Waals surface area contributed by atoms with Crippen LogP contribution in [-0.2, 0) is 11.3 Å². The predicted molar refractivity (Wildman–Crippen MR) is 79.6 cm³/mol. The number of methoxy groups -OCH3 is 1. The van der Waals surface area contributed by atoms with Crippen LogP contribution < -0.4 is 0 Å². The summed E-state index contributed by atoms with van der Waals surface area (Å²) in [6.45, 7) is 6.67. The normalized spacial score (nSPS) is 24.2. The molecule has 0 bridgehead atoms. The molecule has 2 atom stereocenters. The molecule has 1 aromatic carbocycles. The van der Waals surface area contributed by atoms with E-state index in [0.717, 1.165) is 13.1 Å². The molecule has 4 heteroatoms. The molecule has 1 aliphatic rings. The zero-order valence-corrected chi connectivity index (χ0v) is 12.6. The molecule has 0 aromatic heterocycles. The lowest BCUT2D eigenvalue weighted by Crippen LogP contribution is -2.43. The molecule has 1 saturated heterocycles. The molecule has 1 heterocycles. The van der Waals surface area contributed by atoms with Crippen LogP contribution in [0.5, 0.6) is 0 Å². The van der Waals surface area contributed by atoms with Gasteiger partial charge in [-0.15, -0.1) is 0 Å². The molecule has 0 N–H and O–H groups in total. The minimum Gasteiger partial charge on any atom is -0.465 e. The number of carbonyl (C=O) groups excluding carboxylic acids is 1. The van der Waals surface area contributed by atoms with Crippen LogP contribution in [0.3, 0.4) is 0 Å². The van der Waals surface area contributed by atoms with E-state index in [4.69, 9.17) is 4.74 Å². The van der Waals surface area contributed by atoms with Gasteiger partial charge in [0.15, 0.2) is 0 Å². The lowest BCUT2D eigenvalue weighted by atomic mass is 10.1. The highest BCUT2D eigenvalue weighted by Crippen LogP contribution is 2.25. The van der Waals surface area contributed by atoms with E-state index in [1.54, 1.807) is 0 Å². The Bertz CT molecular complexity index is 432. The molecule has 0 saturated carbocycles. The van der Waals surface area contributed by atoms with Gasteiger partial charge in [0.1, 0.15) is 0 Å². The topological polar surface area (TPSA) is 29.5 Å². The molecule has 2 unspecified atom stereocenters. The maximum atomic E-state index is 11.4. The molecule has 0 radical (unpaired) electrons. The fourth-order valence-corrected chi connectivity index (χ4v) is 3.48.